The first-order valence-corrected chi connectivity index (χ1v) is 9.23. The van der Waals surface area contributed by atoms with E-state index in [1.54, 1.807) is 17.3 Å². The van der Waals surface area contributed by atoms with E-state index in [1.807, 2.05) is 56.4 Å². The van der Waals surface area contributed by atoms with Crippen LogP contribution in [0.15, 0.2) is 54.9 Å². The van der Waals surface area contributed by atoms with Gasteiger partial charge in [0.25, 0.3) is 5.91 Å². The third kappa shape index (κ3) is 4.67. The molecule has 6 heteroatoms. The monoisotopic (exact) mass is 367 g/mol. The maximum Gasteiger partial charge on any atom is 0.265 e. The molecule has 5 nitrogen and oxygen atoms in total. The van der Waals surface area contributed by atoms with Crippen molar-refractivity contribution in [1.29, 1.82) is 0 Å². The second-order valence-electron chi connectivity index (χ2n) is 5.96. The number of carbonyl (C=O) groups is 1. The smallest absolute Gasteiger partial charge is 0.265 e. The number of thiazole rings is 1. The molecule has 3 rings (SSSR count). The van der Waals surface area contributed by atoms with Crippen molar-refractivity contribution in [3.63, 3.8) is 0 Å². The van der Waals surface area contributed by atoms with Gasteiger partial charge in [0, 0.05) is 26.0 Å². The van der Waals surface area contributed by atoms with Gasteiger partial charge in [-0.2, -0.15) is 0 Å². The second kappa shape index (κ2) is 8.58. The minimum Gasteiger partial charge on any atom is -0.486 e. The third-order valence-electron chi connectivity index (χ3n) is 3.97. The van der Waals surface area contributed by atoms with Gasteiger partial charge < -0.3 is 9.64 Å². The minimum atomic E-state index is 0.0000160. The first-order chi connectivity index (χ1) is 12.6. The Kier molecular flexibility index (Phi) is 5.96. The van der Waals surface area contributed by atoms with Gasteiger partial charge in [0.15, 0.2) is 0 Å². The molecule has 2 heterocycles. The molecule has 1 aromatic carbocycles. The van der Waals surface area contributed by atoms with Gasteiger partial charge in [0.05, 0.1) is 5.69 Å². The number of benzene rings is 1. The summed E-state index contributed by atoms with van der Waals surface area (Å²) in [6, 6.07) is 13.5. The lowest BCUT2D eigenvalue weighted by atomic mass is 10.2. The molecule has 26 heavy (non-hydrogen) atoms. The summed E-state index contributed by atoms with van der Waals surface area (Å²) < 4.78 is 5.72. The van der Waals surface area contributed by atoms with Gasteiger partial charge >= 0.3 is 0 Å². The number of aromatic nitrogens is 2. The topological polar surface area (TPSA) is 55.3 Å². The fourth-order valence-corrected chi connectivity index (χ4v) is 3.47. The molecule has 2 aromatic heterocycles. The maximum atomic E-state index is 12.7. The van der Waals surface area contributed by atoms with Crippen LogP contribution in [0.5, 0.6) is 5.75 Å². The summed E-state index contributed by atoms with van der Waals surface area (Å²) in [4.78, 5) is 23.6. The van der Waals surface area contributed by atoms with Gasteiger partial charge in [-0.1, -0.05) is 18.2 Å². The van der Waals surface area contributed by atoms with E-state index in [2.05, 4.69) is 9.97 Å². The number of pyridine rings is 1. The van der Waals surface area contributed by atoms with Crippen LogP contribution in [0.1, 0.15) is 25.9 Å². The molecule has 0 atom stereocenters. The van der Waals surface area contributed by atoms with Gasteiger partial charge in [-0.15, -0.1) is 11.3 Å². The molecular weight excluding hydrogens is 346 g/mol. The Morgan fingerprint density at radius 3 is 2.62 bits per heavy atom. The quantitative estimate of drug-likeness (QED) is 0.638. The van der Waals surface area contributed by atoms with Gasteiger partial charge in [-0.3, -0.25) is 9.78 Å². The summed E-state index contributed by atoms with van der Waals surface area (Å²) in [5, 5.41) is 0.803. The number of para-hydroxylation sites is 1. The lowest BCUT2D eigenvalue weighted by Gasteiger charge is -2.16. The summed E-state index contributed by atoms with van der Waals surface area (Å²) in [5.41, 5.74) is 1.92. The van der Waals surface area contributed by atoms with Crippen LogP contribution in [0.3, 0.4) is 0 Å². The van der Waals surface area contributed by atoms with Crippen LogP contribution in [0.2, 0.25) is 0 Å². The number of likely N-dealkylation sites (N-methyl/N-ethyl adjacent to an activating group) is 1. The van der Waals surface area contributed by atoms with E-state index in [9.17, 15) is 4.79 Å². The molecule has 0 saturated carbocycles. The molecule has 1 amide bonds. The summed E-state index contributed by atoms with van der Waals surface area (Å²) in [6.45, 7) is 2.88. The van der Waals surface area contributed by atoms with Crippen molar-refractivity contribution in [3.05, 3.63) is 76.0 Å². The highest BCUT2D eigenvalue weighted by Crippen LogP contribution is 2.21. The molecule has 0 aliphatic rings. The Labute approximate surface area is 157 Å². The Balaban J connectivity index is 1.59. The average Bonchev–Trinajstić information content (AvgIpc) is 3.06. The molecule has 0 N–H and O–H groups in total. The predicted molar refractivity (Wildman–Crippen MR) is 103 cm³/mol. The van der Waals surface area contributed by atoms with Crippen LogP contribution in [0.4, 0.5) is 0 Å². The molecule has 0 aliphatic heterocycles. The minimum absolute atomic E-state index is 0.0000160. The fourth-order valence-electron chi connectivity index (χ4n) is 2.50. The highest BCUT2D eigenvalue weighted by atomic mass is 32.1. The van der Waals surface area contributed by atoms with Crippen LogP contribution in [0.25, 0.3) is 0 Å². The lowest BCUT2D eigenvalue weighted by molar-refractivity contribution is 0.0800. The largest absolute Gasteiger partial charge is 0.486 e. The van der Waals surface area contributed by atoms with Crippen molar-refractivity contribution in [1.82, 2.24) is 14.9 Å². The van der Waals surface area contributed by atoms with Crippen molar-refractivity contribution in [2.45, 2.75) is 20.0 Å². The Morgan fingerprint density at radius 2 is 1.88 bits per heavy atom. The molecule has 0 saturated heterocycles. The zero-order chi connectivity index (χ0) is 18.4. The molecule has 3 aromatic rings. The van der Waals surface area contributed by atoms with Crippen LogP contribution in [-0.2, 0) is 13.0 Å². The number of nitrogens with zero attached hydrogens (tertiary/aromatic N) is 3. The zero-order valence-corrected chi connectivity index (χ0v) is 15.7. The first kappa shape index (κ1) is 18.1. The predicted octanol–water partition coefficient (Wildman–Crippen LogP) is 3.74. The van der Waals surface area contributed by atoms with Gasteiger partial charge in [-0.25, -0.2) is 4.98 Å². The molecule has 0 unspecified atom stereocenters. The summed E-state index contributed by atoms with van der Waals surface area (Å²) in [7, 11) is 1.82. The Morgan fingerprint density at radius 1 is 1.15 bits per heavy atom. The van der Waals surface area contributed by atoms with Gasteiger partial charge in [-0.05, 0) is 43.2 Å². The molecule has 0 radical (unpaired) electrons. The standard InChI is InChI=1S/C20H21N3O2S/c1-15-19(20(24)23(2)13-10-16-8-11-21-12-9-16)26-18(22-15)14-25-17-6-4-3-5-7-17/h3-9,11-12H,10,13-14H2,1-2H3. The molecular formula is C20H21N3O2S. The summed E-state index contributed by atoms with van der Waals surface area (Å²) in [6.07, 6.45) is 4.33. The van der Waals surface area contributed by atoms with Gasteiger partial charge in [0.2, 0.25) is 0 Å². The third-order valence-corrected chi connectivity index (χ3v) is 5.09. The molecule has 0 aliphatic carbocycles. The fraction of sp³-hybridized carbons (Fsp3) is 0.250. The maximum absolute atomic E-state index is 12.7. The number of hydrogen-bond acceptors (Lipinski definition) is 5. The van der Waals surface area contributed by atoms with Crippen LogP contribution in [0, 0.1) is 6.92 Å². The number of aryl methyl sites for hydroxylation is 1. The Bertz CT molecular complexity index is 850. The van der Waals surface area contributed by atoms with Crippen molar-refractivity contribution >= 4 is 17.2 Å². The molecule has 0 fully saturated rings. The number of ether oxygens (including phenoxy) is 1. The zero-order valence-electron chi connectivity index (χ0n) is 14.9. The molecule has 134 valence electrons. The number of hydrogen-bond donors (Lipinski definition) is 0. The number of amides is 1. The van der Waals surface area contributed by atoms with E-state index >= 15 is 0 Å². The first-order valence-electron chi connectivity index (χ1n) is 8.42. The van der Waals surface area contributed by atoms with Crippen molar-refractivity contribution in [3.8, 4) is 5.75 Å². The molecule has 0 spiro atoms. The van der Waals surface area contributed by atoms with E-state index in [0.29, 0.717) is 18.0 Å². The lowest BCUT2D eigenvalue weighted by Crippen LogP contribution is -2.28. The van der Waals surface area contributed by atoms with Crippen LogP contribution < -0.4 is 4.74 Å². The summed E-state index contributed by atoms with van der Waals surface area (Å²) in [5.74, 6) is 0.794. The van der Waals surface area contributed by atoms with E-state index in [1.165, 1.54) is 11.3 Å². The molecule has 0 bridgehead atoms. The van der Waals surface area contributed by atoms with E-state index < -0.39 is 0 Å². The van der Waals surface area contributed by atoms with Crippen molar-refractivity contribution in [2.24, 2.45) is 0 Å². The summed E-state index contributed by atoms with van der Waals surface area (Å²) >= 11 is 1.40. The number of carbonyl (C=O) groups excluding carboxylic acids is 1. The van der Waals surface area contributed by atoms with E-state index in [-0.39, 0.29) is 5.91 Å². The van der Waals surface area contributed by atoms with Gasteiger partial charge in [0.1, 0.15) is 22.2 Å². The van der Waals surface area contributed by atoms with Crippen molar-refractivity contribution < 1.29 is 9.53 Å². The van der Waals surface area contributed by atoms with E-state index in [0.717, 1.165) is 28.4 Å². The SMILES string of the molecule is Cc1nc(COc2ccccc2)sc1C(=O)N(C)CCc1ccncc1. The van der Waals surface area contributed by atoms with Crippen LogP contribution in [-0.4, -0.2) is 34.4 Å². The normalized spacial score (nSPS) is 10.5. The highest BCUT2D eigenvalue weighted by molar-refractivity contribution is 7.13. The second-order valence-corrected chi connectivity index (χ2v) is 7.04. The number of rotatable bonds is 7. The Hall–Kier alpha value is -2.73. The average molecular weight is 367 g/mol. The van der Waals surface area contributed by atoms with Crippen LogP contribution >= 0.6 is 11.3 Å². The van der Waals surface area contributed by atoms with E-state index in [4.69, 9.17) is 4.74 Å². The van der Waals surface area contributed by atoms with Crippen molar-refractivity contribution in [2.75, 3.05) is 13.6 Å². The highest BCUT2D eigenvalue weighted by Gasteiger charge is 2.19.